The molecule has 3 atom stereocenters. The molecule has 9 heteroatoms. The maximum absolute atomic E-state index is 12.5. The predicted molar refractivity (Wildman–Crippen MR) is 143 cm³/mol. The van der Waals surface area contributed by atoms with Gasteiger partial charge in [-0.25, -0.2) is 9.78 Å². The normalized spacial score (nSPS) is 20.5. The van der Waals surface area contributed by atoms with Gasteiger partial charge in [0.15, 0.2) is 0 Å². The second-order valence-electron chi connectivity index (χ2n) is 11.0. The van der Waals surface area contributed by atoms with Crippen LogP contribution < -0.4 is 10.2 Å². The molecule has 0 saturated carbocycles. The largest absolute Gasteiger partial charge is 0.445 e. The van der Waals surface area contributed by atoms with Crippen LogP contribution in [0.15, 0.2) is 42.6 Å². The molecule has 2 aliphatic rings. The van der Waals surface area contributed by atoms with Crippen LogP contribution in [0.4, 0.5) is 16.6 Å². The second kappa shape index (κ2) is 12.1. The molecule has 1 amide bonds. The number of carbonyl (C=O) groups excluding carboxylic acids is 1. The van der Waals surface area contributed by atoms with E-state index < -0.39 is 0 Å². The summed E-state index contributed by atoms with van der Waals surface area (Å²) in [6, 6.07) is 11.9. The van der Waals surface area contributed by atoms with Gasteiger partial charge in [0.05, 0.1) is 24.4 Å². The maximum Gasteiger partial charge on any atom is 0.410 e. The molecule has 1 N–H and O–H groups in total. The highest BCUT2D eigenvalue weighted by molar-refractivity contribution is 5.67. The average Bonchev–Trinajstić information content (AvgIpc) is 3.38. The van der Waals surface area contributed by atoms with E-state index in [1.54, 1.807) is 11.1 Å². The van der Waals surface area contributed by atoms with Gasteiger partial charge in [-0.2, -0.15) is 4.98 Å². The summed E-state index contributed by atoms with van der Waals surface area (Å²) in [6.45, 7) is 13.2. The molecule has 1 unspecified atom stereocenters. The molecule has 37 heavy (non-hydrogen) atoms. The topological polar surface area (TPSA) is 89.1 Å². The van der Waals surface area contributed by atoms with Crippen LogP contribution in [0.2, 0.25) is 0 Å². The minimum Gasteiger partial charge on any atom is -0.445 e. The SMILES string of the molecule is C[C@H](Nc1nccc(N2COCC2[C@H](C)OC(C)(C)C)n1)C1CCN(C(=O)OCc2ccccc2)CC1. The van der Waals surface area contributed by atoms with E-state index in [1.807, 2.05) is 36.4 Å². The monoisotopic (exact) mass is 511 g/mol. The number of nitrogens with zero attached hydrogens (tertiary/aromatic N) is 4. The van der Waals surface area contributed by atoms with E-state index in [2.05, 4.69) is 49.8 Å². The van der Waals surface area contributed by atoms with Crippen molar-refractivity contribution >= 4 is 17.9 Å². The van der Waals surface area contributed by atoms with Gasteiger partial charge in [0.1, 0.15) is 19.2 Å². The summed E-state index contributed by atoms with van der Waals surface area (Å²) in [5.41, 5.74) is 0.768. The predicted octanol–water partition coefficient (Wildman–Crippen LogP) is 4.69. The Balaban J connectivity index is 1.28. The Labute approximate surface area is 220 Å². The van der Waals surface area contributed by atoms with Gasteiger partial charge in [0.25, 0.3) is 0 Å². The van der Waals surface area contributed by atoms with Crippen LogP contribution in [0.5, 0.6) is 0 Å². The van der Waals surface area contributed by atoms with Crippen LogP contribution in [0.25, 0.3) is 0 Å². The van der Waals surface area contributed by atoms with E-state index in [0.29, 0.717) is 44.9 Å². The van der Waals surface area contributed by atoms with E-state index in [4.69, 9.17) is 19.2 Å². The smallest absolute Gasteiger partial charge is 0.410 e. The average molecular weight is 512 g/mol. The van der Waals surface area contributed by atoms with Gasteiger partial charge in [-0.15, -0.1) is 0 Å². The number of nitrogens with one attached hydrogen (secondary N) is 1. The molecule has 4 rings (SSSR count). The second-order valence-corrected chi connectivity index (χ2v) is 11.0. The fourth-order valence-corrected chi connectivity index (χ4v) is 5.01. The Hall–Kier alpha value is -2.91. The number of anilines is 2. The number of ether oxygens (including phenoxy) is 3. The maximum atomic E-state index is 12.5. The number of rotatable bonds is 8. The molecule has 2 fully saturated rings. The zero-order valence-electron chi connectivity index (χ0n) is 22.7. The van der Waals surface area contributed by atoms with Crippen molar-refractivity contribution in [2.75, 3.05) is 36.6 Å². The molecule has 2 aromatic rings. The zero-order valence-corrected chi connectivity index (χ0v) is 22.7. The van der Waals surface area contributed by atoms with Crippen molar-refractivity contribution in [2.24, 2.45) is 5.92 Å². The Kier molecular flexibility index (Phi) is 8.87. The Morgan fingerprint density at radius 3 is 2.59 bits per heavy atom. The zero-order chi connectivity index (χ0) is 26.4. The first-order valence-corrected chi connectivity index (χ1v) is 13.3. The van der Waals surface area contributed by atoms with Gasteiger partial charge < -0.3 is 29.3 Å². The van der Waals surface area contributed by atoms with E-state index in [-0.39, 0.29) is 29.9 Å². The number of hydrogen-bond acceptors (Lipinski definition) is 8. The van der Waals surface area contributed by atoms with Crippen molar-refractivity contribution in [3.05, 3.63) is 48.2 Å². The fourth-order valence-electron chi connectivity index (χ4n) is 5.01. The van der Waals surface area contributed by atoms with Gasteiger partial charge in [0.2, 0.25) is 5.95 Å². The van der Waals surface area contributed by atoms with Crippen LogP contribution in [-0.4, -0.2) is 71.2 Å². The lowest BCUT2D eigenvalue weighted by Crippen LogP contribution is -2.44. The van der Waals surface area contributed by atoms with E-state index in [0.717, 1.165) is 24.2 Å². The molecular formula is C28H41N5O4. The molecule has 202 valence electrons. The molecule has 1 aromatic heterocycles. The highest BCUT2D eigenvalue weighted by Crippen LogP contribution is 2.27. The Morgan fingerprint density at radius 1 is 1.16 bits per heavy atom. The first-order valence-electron chi connectivity index (χ1n) is 13.3. The van der Waals surface area contributed by atoms with Crippen molar-refractivity contribution in [1.82, 2.24) is 14.9 Å². The van der Waals surface area contributed by atoms with Crippen molar-refractivity contribution < 1.29 is 19.0 Å². The van der Waals surface area contributed by atoms with Crippen LogP contribution >= 0.6 is 0 Å². The van der Waals surface area contributed by atoms with E-state index in [1.165, 1.54) is 0 Å². The summed E-state index contributed by atoms with van der Waals surface area (Å²) in [5.74, 6) is 1.84. The summed E-state index contributed by atoms with van der Waals surface area (Å²) < 4.78 is 17.5. The molecule has 0 aliphatic carbocycles. The van der Waals surface area contributed by atoms with Crippen molar-refractivity contribution in [1.29, 1.82) is 0 Å². The van der Waals surface area contributed by atoms with Crippen LogP contribution in [0, 0.1) is 5.92 Å². The number of likely N-dealkylation sites (tertiary alicyclic amines) is 1. The van der Waals surface area contributed by atoms with Crippen molar-refractivity contribution in [3.8, 4) is 0 Å². The van der Waals surface area contributed by atoms with E-state index >= 15 is 0 Å². The van der Waals surface area contributed by atoms with Gasteiger partial charge in [-0.1, -0.05) is 30.3 Å². The molecular weight excluding hydrogens is 470 g/mol. The minimum absolute atomic E-state index is 0.00244. The minimum atomic E-state index is -0.244. The van der Waals surface area contributed by atoms with E-state index in [9.17, 15) is 4.79 Å². The quantitative estimate of drug-likeness (QED) is 0.546. The van der Waals surface area contributed by atoms with Gasteiger partial charge >= 0.3 is 6.09 Å². The first-order chi connectivity index (χ1) is 17.7. The summed E-state index contributed by atoms with van der Waals surface area (Å²) in [4.78, 5) is 25.7. The van der Waals surface area contributed by atoms with Gasteiger partial charge in [-0.3, -0.25) is 0 Å². The molecule has 2 aliphatic heterocycles. The molecule has 2 saturated heterocycles. The lowest BCUT2D eigenvalue weighted by atomic mass is 9.90. The first kappa shape index (κ1) is 27.1. The fraction of sp³-hybridized carbons (Fsp3) is 0.607. The lowest BCUT2D eigenvalue weighted by Gasteiger charge is -2.35. The molecule has 1 aromatic carbocycles. The summed E-state index contributed by atoms with van der Waals surface area (Å²) >= 11 is 0. The third kappa shape index (κ3) is 7.55. The highest BCUT2D eigenvalue weighted by Gasteiger charge is 2.34. The lowest BCUT2D eigenvalue weighted by molar-refractivity contribution is -0.0619. The molecule has 0 spiro atoms. The number of amides is 1. The third-order valence-corrected chi connectivity index (χ3v) is 7.00. The van der Waals surface area contributed by atoms with Crippen LogP contribution in [-0.2, 0) is 20.8 Å². The molecule has 9 nitrogen and oxygen atoms in total. The summed E-state index contributed by atoms with van der Waals surface area (Å²) in [7, 11) is 0. The number of piperidine rings is 1. The van der Waals surface area contributed by atoms with Crippen molar-refractivity contribution in [3.63, 3.8) is 0 Å². The molecule has 3 heterocycles. The Bertz CT molecular complexity index is 1010. The Morgan fingerprint density at radius 2 is 1.89 bits per heavy atom. The number of carbonyl (C=O) groups is 1. The van der Waals surface area contributed by atoms with Crippen LogP contribution in [0.1, 0.15) is 53.0 Å². The van der Waals surface area contributed by atoms with Gasteiger partial charge in [-0.05, 0) is 65.0 Å². The summed E-state index contributed by atoms with van der Waals surface area (Å²) in [5, 5.41) is 3.49. The standard InChI is InChI=1S/C28H41N5O4/c1-20(23-12-15-32(16-13-23)27(34)36-17-22-9-7-6-8-10-22)30-26-29-14-11-25(31-26)33-19-35-18-24(33)21(2)37-28(3,4)5/h6-11,14,20-21,23-24H,12-13,15-19H2,1-5H3,(H,29,30,31)/t20-,21-,24?/m0/s1. The van der Waals surface area contributed by atoms with Crippen LogP contribution in [0.3, 0.4) is 0 Å². The highest BCUT2D eigenvalue weighted by atomic mass is 16.6. The molecule has 0 bridgehead atoms. The molecule has 0 radical (unpaired) electrons. The number of hydrogen-bond donors (Lipinski definition) is 1. The number of benzene rings is 1. The number of aromatic nitrogens is 2. The summed E-state index contributed by atoms with van der Waals surface area (Å²) in [6.07, 6.45) is 3.34. The third-order valence-electron chi connectivity index (χ3n) is 7.00. The van der Waals surface area contributed by atoms with Gasteiger partial charge in [0, 0.05) is 25.3 Å². The van der Waals surface area contributed by atoms with Crippen molar-refractivity contribution in [2.45, 2.75) is 77.9 Å².